The van der Waals surface area contributed by atoms with Gasteiger partial charge in [-0.1, -0.05) is 6.08 Å². The van der Waals surface area contributed by atoms with Crippen LogP contribution in [-0.4, -0.2) is 65.8 Å². The lowest BCUT2D eigenvalue weighted by atomic mass is 10.1. The molecule has 1 fully saturated rings. The van der Waals surface area contributed by atoms with E-state index in [-0.39, 0.29) is 40.9 Å². The Hall–Kier alpha value is -2.16. The Morgan fingerprint density at radius 2 is 2.19 bits per heavy atom. The average molecular weight is 380 g/mol. The summed E-state index contributed by atoms with van der Waals surface area (Å²) in [6, 6.07) is -0.345. The molecule has 3 heterocycles. The molecule has 0 saturated carbocycles. The standard InChI is InChI=1S/C17H24N4O4S/c1-3-8-18-16(22)14-13-6-4-5-9-21(13)15(19-14)17(23)20(2)12-7-10-26(24,25)11-12/h3,12H,1,4-11H2,2H3,(H,18,22). The summed E-state index contributed by atoms with van der Waals surface area (Å²) in [7, 11) is -1.48. The first-order valence-corrected chi connectivity index (χ1v) is 10.6. The van der Waals surface area contributed by atoms with Crippen LogP contribution < -0.4 is 5.32 Å². The van der Waals surface area contributed by atoms with E-state index < -0.39 is 9.84 Å². The van der Waals surface area contributed by atoms with Gasteiger partial charge >= 0.3 is 0 Å². The van der Waals surface area contributed by atoms with Crippen molar-refractivity contribution < 1.29 is 18.0 Å². The molecule has 2 aliphatic rings. The normalized spacial score (nSPS) is 21.0. The number of nitrogens with zero attached hydrogens (tertiary/aromatic N) is 3. The highest BCUT2D eigenvalue weighted by Gasteiger charge is 2.36. The van der Waals surface area contributed by atoms with Crippen LogP contribution in [0.15, 0.2) is 12.7 Å². The van der Waals surface area contributed by atoms with E-state index in [1.165, 1.54) is 4.90 Å². The highest BCUT2D eigenvalue weighted by Crippen LogP contribution is 2.24. The van der Waals surface area contributed by atoms with Crippen molar-refractivity contribution in [1.29, 1.82) is 0 Å². The van der Waals surface area contributed by atoms with Crippen LogP contribution in [-0.2, 0) is 22.8 Å². The van der Waals surface area contributed by atoms with Gasteiger partial charge in [0.15, 0.2) is 15.7 Å². The second-order valence-electron chi connectivity index (χ2n) is 6.81. The van der Waals surface area contributed by atoms with Gasteiger partial charge in [0, 0.05) is 26.2 Å². The third-order valence-corrected chi connectivity index (χ3v) is 6.76. The van der Waals surface area contributed by atoms with Crippen LogP contribution in [0.3, 0.4) is 0 Å². The molecule has 1 aromatic rings. The van der Waals surface area contributed by atoms with Gasteiger partial charge in [-0.05, 0) is 25.7 Å². The number of carbonyl (C=O) groups excluding carboxylic acids is 2. The first kappa shape index (κ1) is 18.6. The molecule has 1 aromatic heterocycles. The molecule has 0 aromatic carbocycles. The Morgan fingerprint density at radius 1 is 1.42 bits per heavy atom. The number of amides is 2. The Balaban J connectivity index is 1.89. The van der Waals surface area contributed by atoms with Gasteiger partial charge in [0.25, 0.3) is 11.8 Å². The molecule has 2 amide bonds. The van der Waals surface area contributed by atoms with E-state index in [9.17, 15) is 18.0 Å². The average Bonchev–Trinajstić information content (AvgIpc) is 3.18. The maximum Gasteiger partial charge on any atom is 0.289 e. The molecular weight excluding hydrogens is 356 g/mol. The Morgan fingerprint density at radius 3 is 2.85 bits per heavy atom. The largest absolute Gasteiger partial charge is 0.347 e. The summed E-state index contributed by atoms with van der Waals surface area (Å²) in [5, 5.41) is 2.71. The molecule has 1 N–H and O–H groups in total. The summed E-state index contributed by atoms with van der Waals surface area (Å²) >= 11 is 0. The van der Waals surface area contributed by atoms with Crippen molar-refractivity contribution in [2.45, 2.75) is 38.3 Å². The fourth-order valence-electron chi connectivity index (χ4n) is 3.54. The maximum atomic E-state index is 13.0. The Labute approximate surface area is 153 Å². The van der Waals surface area contributed by atoms with Crippen molar-refractivity contribution in [2.24, 2.45) is 0 Å². The second kappa shape index (κ2) is 7.22. The van der Waals surface area contributed by atoms with Crippen molar-refractivity contribution in [1.82, 2.24) is 19.8 Å². The van der Waals surface area contributed by atoms with Gasteiger partial charge in [-0.2, -0.15) is 0 Å². The lowest BCUT2D eigenvalue weighted by Crippen LogP contribution is -2.39. The molecule has 0 spiro atoms. The predicted octanol–water partition coefficient (Wildman–Crippen LogP) is 0.394. The minimum absolute atomic E-state index is 0.0184. The Kier molecular flexibility index (Phi) is 5.17. The summed E-state index contributed by atoms with van der Waals surface area (Å²) in [5.74, 6) is -0.353. The summed E-state index contributed by atoms with van der Waals surface area (Å²) < 4.78 is 25.2. The highest BCUT2D eigenvalue weighted by atomic mass is 32.2. The molecular formula is C17H24N4O4S. The predicted molar refractivity (Wildman–Crippen MR) is 96.8 cm³/mol. The zero-order chi connectivity index (χ0) is 18.9. The van der Waals surface area contributed by atoms with Gasteiger partial charge in [0.2, 0.25) is 0 Å². The van der Waals surface area contributed by atoms with Crippen LogP contribution in [0.4, 0.5) is 0 Å². The number of imidazole rings is 1. The highest BCUT2D eigenvalue weighted by molar-refractivity contribution is 7.91. The molecule has 3 rings (SSSR count). The van der Waals surface area contributed by atoms with E-state index >= 15 is 0 Å². The lowest BCUT2D eigenvalue weighted by molar-refractivity contribution is 0.0729. The molecule has 1 unspecified atom stereocenters. The van der Waals surface area contributed by atoms with Gasteiger partial charge in [0.05, 0.1) is 17.2 Å². The summed E-state index contributed by atoms with van der Waals surface area (Å²) in [6.07, 6.45) is 4.57. The van der Waals surface area contributed by atoms with Gasteiger partial charge in [-0.15, -0.1) is 6.58 Å². The van der Waals surface area contributed by atoms with Crippen LogP contribution in [0.25, 0.3) is 0 Å². The second-order valence-corrected chi connectivity index (χ2v) is 9.04. The number of carbonyl (C=O) groups is 2. The van der Waals surface area contributed by atoms with Crippen molar-refractivity contribution in [3.63, 3.8) is 0 Å². The van der Waals surface area contributed by atoms with Crippen LogP contribution in [0.1, 0.15) is 46.1 Å². The smallest absolute Gasteiger partial charge is 0.289 e. The molecule has 1 saturated heterocycles. The first-order chi connectivity index (χ1) is 12.3. The zero-order valence-corrected chi connectivity index (χ0v) is 15.7. The third-order valence-electron chi connectivity index (χ3n) is 5.01. The summed E-state index contributed by atoms with van der Waals surface area (Å²) in [6.45, 7) is 4.54. The number of sulfone groups is 1. The number of hydrogen-bond acceptors (Lipinski definition) is 5. The number of hydrogen-bond donors (Lipinski definition) is 1. The van der Waals surface area contributed by atoms with Crippen LogP contribution in [0, 0.1) is 0 Å². The van der Waals surface area contributed by atoms with Crippen molar-refractivity contribution in [2.75, 3.05) is 25.1 Å². The SMILES string of the molecule is C=CCNC(=O)c1nc(C(=O)N(C)C2CCS(=O)(=O)C2)n2c1CCCC2. The van der Waals surface area contributed by atoms with Gasteiger partial charge in [-0.3, -0.25) is 9.59 Å². The molecule has 0 radical (unpaired) electrons. The van der Waals surface area contributed by atoms with E-state index in [2.05, 4.69) is 16.9 Å². The van der Waals surface area contributed by atoms with E-state index in [1.807, 2.05) is 4.57 Å². The minimum Gasteiger partial charge on any atom is -0.347 e. The van der Waals surface area contributed by atoms with Gasteiger partial charge in [-0.25, -0.2) is 13.4 Å². The molecule has 142 valence electrons. The van der Waals surface area contributed by atoms with E-state index in [0.29, 0.717) is 25.9 Å². The van der Waals surface area contributed by atoms with Gasteiger partial charge in [0.1, 0.15) is 5.69 Å². The third kappa shape index (κ3) is 3.53. The molecule has 1 atom stereocenters. The zero-order valence-electron chi connectivity index (χ0n) is 14.9. The summed E-state index contributed by atoms with van der Waals surface area (Å²) in [5.41, 5.74) is 1.05. The molecule has 8 nitrogen and oxygen atoms in total. The quantitative estimate of drug-likeness (QED) is 0.745. The van der Waals surface area contributed by atoms with Crippen molar-refractivity contribution in [3.05, 3.63) is 29.9 Å². The monoisotopic (exact) mass is 380 g/mol. The lowest BCUT2D eigenvalue weighted by Gasteiger charge is -2.24. The molecule has 2 aliphatic heterocycles. The maximum absolute atomic E-state index is 13.0. The van der Waals surface area contributed by atoms with E-state index in [4.69, 9.17) is 0 Å². The Bertz CT molecular complexity index is 843. The fraction of sp³-hybridized carbons (Fsp3) is 0.588. The first-order valence-electron chi connectivity index (χ1n) is 8.80. The van der Waals surface area contributed by atoms with Crippen LogP contribution in [0.2, 0.25) is 0 Å². The van der Waals surface area contributed by atoms with Gasteiger partial charge < -0.3 is 14.8 Å². The molecule has 0 aliphatic carbocycles. The number of fused-ring (bicyclic) bond motifs is 1. The molecule has 9 heteroatoms. The number of aromatic nitrogens is 2. The number of rotatable bonds is 5. The fourth-order valence-corrected chi connectivity index (χ4v) is 5.32. The summed E-state index contributed by atoms with van der Waals surface area (Å²) in [4.78, 5) is 31.2. The van der Waals surface area contributed by atoms with Crippen LogP contribution in [0.5, 0.6) is 0 Å². The van der Waals surface area contributed by atoms with Crippen molar-refractivity contribution in [3.8, 4) is 0 Å². The molecule has 0 bridgehead atoms. The number of nitrogens with one attached hydrogen (secondary N) is 1. The van der Waals surface area contributed by atoms with Crippen molar-refractivity contribution >= 4 is 21.7 Å². The topological polar surface area (TPSA) is 101 Å². The minimum atomic E-state index is -3.09. The molecule has 26 heavy (non-hydrogen) atoms. The van der Waals surface area contributed by atoms with E-state index in [0.717, 1.165) is 18.5 Å². The van der Waals surface area contributed by atoms with E-state index in [1.54, 1.807) is 13.1 Å². The van der Waals surface area contributed by atoms with Crippen LogP contribution >= 0.6 is 0 Å².